The summed E-state index contributed by atoms with van der Waals surface area (Å²) in [6, 6.07) is 15.6. The van der Waals surface area contributed by atoms with Crippen LogP contribution in [0.2, 0.25) is 5.02 Å². The third-order valence-corrected chi connectivity index (χ3v) is 7.14. The molecule has 1 heterocycles. The number of carbonyl (C=O) groups excluding carboxylic acids is 1. The number of hydrogen-bond acceptors (Lipinski definition) is 9. The first kappa shape index (κ1) is 25.2. The van der Waals surface area contributed by atoms with Crippen molar-refractivity contribution in [3.05, 3.63) is 92.3 Å². The lowest BCUT2D eigenvalue weighted by Crippen LogP contribution is -2.19. The molecule has 1 fully saturated rings. The quantitative estimate of drug-likeness (QED) is 0.191. The second kappa shape index (κ2) is 10.4. The van der Waals surface area contributed by atoms with E-state index in [0.29, 0.717) is 26.3 Å². The second-order valence-electron chi connectivity index (χ2n) is 7.16. The van der Waals surface area contributed by atoms with E-state index in [1.54, 1.807) is 36.4 Å². The molecule has 36 heavy (non-hydrogen) atoms. The Balaban J connectivity index is 1.54. The highest BCUT2D eigenvalue weighted by molar-refractivity contribution is 8.18. The summed E-state index contributed by atoms with van der Waals surface area (Å²) in [5.41, 5.74) is 0.928. The van der Waals surface area contributed by atoms with E-state index in [1.807, 2.05) is 0 Å². The fraction of sp³-hybridized carbons (Fsp3) is 0.0435. The Morgan fingerprint density at radius 3 is 2.39 bits per heavy atom. The van der Waals surface area contributed by atoms with E-state index in [-0.39, 0.29) is 28.0 Å². The molecule has 4 rings (SSSR count). The van der Waals surface area contributed by atoms with Gasteiger partial charge in [-0.2, -0.15) is 8.42 Å². The number of nitrogens with zero attached hydrogens (tertiary/aromatic N) is 2. The van der Waals surface area contributed by atoms with Gasteiger partial charge in [0.25, 0.3) is 11.6 Å². The Kier molecular flexibility index (Phi) is 7.29. The third-order valence-electron chi connectivity index (χ3n) is 4.73. The van der Waals surface area contributed by atoms with Crippen LogP contribution in [0.3, 0.4) is 0 Å². The number of nitro groups is 1. The summed E-state index contributed by atoms with van der Waals surface area (Å²) in [5, 5.41) is 14.4. The van der Waals surface area contributed by atoms with Crippen molar-refractivity contribution in [2.75, 3.05) is 7.11 Å². The molecule has 0 radical (unpaired) electrons. The summed E-state index contributed by atoms with van der Waals surface area (Å²) in [4.78, 5) is 27.0. The SMILES string of the molecule is COc1cc(/C=C2/SC(=Nc3ccc(Cl)cc3)NC2=O)ccc1OS(=O)(=O)c1ccc([N+](=O)[O-])cc1. The molecule has 1 aliphatic rings. The van der Waals surface area contributed by atoms with Gasteiger partial charge in [0.15, 0.2) is 16.7 Å². The molecule has 1 N–H and O–H groups in total. The standard InChI is InChI=1S/C23H16ClN3O7S2/c1-33-20-12-14(13-21-22(28)26-23(35-21)25-16-5-3-15(24)4-6-16)2-11-19(20)34-36(31,32)18-9-7-17(8-10-18)27(29)30/h2-13H,1H3,(H,25,26,28)/b21-13+. The maximum absolute atomic E-state index is 12.6. The zero-order valence-electron chi connectivity index (χ0n) is 18.4. The van der Waals surface area contributed by atoms with Crippen molar-refractivity contribution in [2.24, 2.45) is 4.99 Å². The molecule has 0 aromatic heterocycles. The molecule has 184 valence electrons. The van der Waals surface area contributed by atoms with Crippen molar-refractivity contribution in [3.63, 3.8) is 0 Å². The number of thioether (sulfide) groups is 1. The summed E-state index contributed by atoms with van der Waals surface area (Å²) in [6.07, 6.45) is 1.60. The number of hydrogen-bond donors (Lipinski definition) is 1. The van der Waals surface area contributed by atoms with E-state index < -0.39 is 15.0 Å². The van der Waals surface area contributed by atoms with Crippen molar-refractivity contribution in [2.45, 2.75) is 4.90 Å². The summed E-state index contributed by atoms with van der Waals surface area (Å²) in [6.45, 7) is 0. The predicted octanol–water partition coefficient (Wildman–Crippen LogP) is 4.92. The van der Waals surface area contributed by atoms with Crippen LogP contribution in [0.5, 0.6) is 11.5 Å². The minimum Gasteiger partial charge on any atom is -0.493 e. The van der Waals surface area contributed by atoms with E-state index in [1.165, 1.54) is 19.2 Å². The van der Waals surface area contributed by atoms with Gasteiger partial charge < -0.3 is 14.2 Å². The number of ether oxygens (including phenoxy) is 1. The largest absolute Gasteiger partial charge is 0.493 e. The molecular formula is C23H16ClN3O7S2. The minimum atomic E-state index is -4.28. The van der Waals surface area contributed by atoms with Gasteiger partial charge in [0.1, 0.15) is 4.90 Å². The highest BCUT2D eigenvalue weighted by atomic mass is 35.5. The molecule has 0 spiro atoms. The molecule has 3 aromatic rings. The van der Waals surface area contributed by atoms with Gasteiger partial charge in [0.05, 0.1) is 22.6 Å². The third kappa shape index (κ3) is 5.85. The maximum atomic E-state index is 12.6. The van der Waals surface area contributed by atoms with E-state index in [9.17, 15) is 23.3 Å². The van der Waals surface area contributed by atoms with E-state index in [2.05, 4.69) is 10.3 Å². The number of amidine groups is 1. The lowest BCUT2D eigenvalue weighted by Gasteiger charge is -2.11. The average molecular weight is 546 g/mol. The number of benzene rings is 3. The van der Waals surface area contributed by atoms with E-state index in [4.69, 9.17) is 20.5 Å². The van der Waals surface area contributed by atoms with Crippen molar-refractivity contribution in [3.8, 4) is 11.5 Å². The summed E-state index contributed by atoms with van der Waals surface area (Å²) < 4.78 is 35.7. The maximum Gasteiger partial charge on any atom is 0.339 e. The molecule has 3 aromatic carbocycles. The lowest BCUT2D eigenvalue weighted by atomic mass is 10.2. The predicted molar refractivity (Wildman–Crippen MR) is 136 cm³/mol. The van der Waals surface area contributed by atoms with Gasteiger partial charge >= 0.3 is 10.1 Å². The second-order valence-corrected chi connectivity index (χ2v) is 10.2. The number of carbonyl (C=O) groups is 1. The van der Waals surface area contributed by atoms with Gasteiger partial charge in [0.2, 0.25) is 0 Å². The number of amides is 1. The zero-order valence-corrected chi connectivity index (χ0v) is 20.8. The van der Waals surface area contributed by atoms with Crippen LogP contribution in [0, 0.1) is 10.1 Å². The molecule has 13 heteroatoms. The molecule has 10 nitrogen and oxygen atoms in total. The monoisotopic (exact) mass is 545 g/mol. The van der Waals surface area contributed by atoms with Crippen LogP contribution in [0.1, 0.15) is 5.56 Å². The number of halogens is 1. The van der Waals surface area contributed by atoms with Crippen molar-refractivity contribution < 1.29 is 27.1 Å². The van der Waals surface area contributed by atoms with Gasteiger partial charge in [-0.15, -0.1) is 0 Å². The number of nitrogens with one attached hydrogen (secondary N) is 1. The Labute approximate surface area is 214 Å². The van der Waals surface area contributed by atoms with E-state index >= 15 is 0 Å². The first-order valence-corrected chi connectivity index (χ1v) is 12.7. The lowest BCUT2D eigenvalue weighted by molar-refractivity contribution is -0.384. The van der Waals surface area contributed by atoms with Crippen LogP contribution >= 0.6 is 23.4 Å². The van der Waals surface area contributed by atoms with Gasteiger partial charge in [-0.3, -0.25) is 14.9 Å². The molecule has 1 amide bonds. The summed E-state index contributed by atoms with van der Waals surface area (Å²) in [7, 11) is -2.94. The van der Waals surface area contributed by atoms with Crippen LogP contribution in [0.4, 0.5) is 11.4 Å². The van der Waals surface area contributed by atoms with Gasteiger partial charge in [-0.05, 0) is 71.9 Å². The number of aliphatic imine (C=N–C) groups is 1. The Hall–Kier alpha value is -3.87. The summed E-state index contributed by atoms with van der Waals surface area (Å²) >= 11 is 7.02. The molecule has 1 aliphatic heterocycles. The Morgan fingerprint density at radius 2 is 1.75 bits per heavy atom. The fourth-order valence-corrected chi connectivity index (χ4v) is 4.92. The zero-order chi connectivity index (χ0) is 25.9. The highest BCUT2D eigenvalue weighted by Crippen LogP contribution is 2.34. The van der Waals surface area contributed by atoms with Gasteiger partial charge in [0, 0.05) is 17.2 Å². The first-order valence-electron chi connectivity index (χ1n) is 10.1. The van der Waals surface area contributed by atoms with Crippen molar-refractivity contribution in [1.29, 1.82) is 0 Å². The molecule has 0 atom stereocenters. The molecule has 0 saturated carbocycles. The van der Waals surface area contributed by atoms with Crippen LogP contribution in [-0.2, 0) is 14.9 Å². The average Bonchev–Trinajstić information content (AvgIpc) is 3.19. The topological polar surface area (TPSA) is 137 Å². The van der Waals surface area contributed by atoms with Gasteiger partial charge in [-0.1, -0.05) is 17.7 Å². The van der Waals surface area contributed by atoms with Crippen LogP contribution in [0.15, 0.2) is 81.5 Å². The minimum absolute atomic E-state index is 0.0912. The molecule has 0 aliphatic carbocycles. The van der Waals surface area contributed by atoms with E-state index in [0.717, 1.165) is 36.0 Å². The van der Waals surface area contributed by atoms with Crippen LogP contribution in [-0.4, -0.2) is 31.5 Å². The smallest absolute Gasteiger partial charge is 0.339 e. The number of nitro benzene ring substituents is 1. The molecule has 0 unspecified atom stereocenters. The van der Waals surface area contributed by atoms with Crippen LogP contribution in [0.25, 0.3) is 6.08 Å². The normalized spacial score (nSPS) is 15.7. The van der Waals surface area contributed by atoms with Crippen molar-refractivity contribution in [1.82, 2.24) is 5.32 Å². The number of non-ortho nitro benzene ring substituents is 1. The van der Waals surface area contributed by atoms with Crippen LogP contribution < -0.4 is 14.2 Å². The molecule has 1 saturated heterocycles. The molecule has 0 bridgehead atoms. The first-order chi connectivity index (χ1) is 17.1. The Morgan fingerprint density at radius 1 is 1.06 bits per heavy atom. The fourth-order valence-electron chi connectivity index (χ4n) is 3.01. The number of rotatable bonds is 7. The summed E-state index contributed by atoms with van der Waals surface area (Å²) in [5.74, 6) is -0.326. The highest BCUT2D eigenvalue weighted by Gasteiger charge is 2.25. The number of methoxy groups -OCH3 is 1. The van der Waals surface area contributed by atoms with Crippen molar-refractivity contribution >= 4 is 62.0 Å². The Bertz CT molecular complexity index is 1500. The van der Waals surface area contributed by atoms with Gasteiger partial charge in [-0.25, -0.2) is 4.99 Å². The molecular weight excluding hydrogens is 530 g/mol.